The highest BCUT2D eigenvalue weighted by atomic mass is 16.3. The van der Waals surface area contributed by atoms with Crippen molar-refractivity contribution in [3.8, 4) is 0 Å². The average Bonchev–Trinajstić information content (AvgIpc) is 3.06. The summed E-state index contributed by atoms with van der Waals surface area (Å²) in [5.41, 5.74) is 0.0401. The normalized spacial score (nSPS) is 20.7. The number of nitrogens with zero attached hydrogens (tertiary/aromatic N) is 2. The smallest absolute Gasteiger partial charge is 0.102 e. The van der Waals surface area contributed by atoms with Gasteiger partial charge in [-0.25, -0.2) is 0 Å². The molecule has 2 unspecified atom stereocenters. The molecule has 0 amide bonds. The van der Waals surface area contributed by atoms with Gasteiger partial charge in [-0.15, -0.1) is 0 Å². The quantitative estimate of drug-likeness (QED) is 0.777. The first kappa shape index (κ1) is 13.6. The van der Waals surface area contributed by atoms with Crippen molar-refractivity contribution in [1.82, 2.24) is 15.1 Å². The number of nitrogens with one attached hydrogen (secondary N) is 1. The van der Waals surface area contributed by atoms with Gasteiger partial charge in [0.2, 0.25) is 0 Å². The lowest BCUT2D eigenvalue weighted by Gasteiger charge is -2.26. The van der Waals surface area contributed by atoms with Gasteiger partial charge >= 0.3 is 0 Å². The Balaban J connectivity index is 1.91. The monoisotopic (exact) mass is 251 g/mol. The number of aromatic nitrogens is 2. The van der Waals surface area contributed by atoms with Crippen molar-refractivity contribution < 1.29 is 5.11 Å². The molecule has 0 aromatic carbocycles. The molecule has 2 rings (SSSR count). The lowest BCUT2D eigenvalue weighted by atomic mass is 9.98. The molecule has 2 N–H and O–H groups in total. The fraction of sp³-hybridized carbons (Fsp3) is 0.786. The Hall–Kier alpha value is -0.870. The molecule has 102 valence electrons. The highest BCUT2D eigenvalue weighted by Gasteiger charge is 2.32. The van der Waals surface area contributed by atoms with Crippen LogP contribution in [0.2, 0.25) is 0 Å². The van der Waals surface area contributed by atoms with Gasteiger partial charge in [0.1, 0.15) is 5.60 Å². The maximum absolute atomic E-state index is 10.5. The Bertz CT molecular complexity index is 382. The zero-order valence-corrected chi connectivity index (χ0v) is 11.7. The largest absolute Gasteiger partial charge is 0.384 e. The predicted octanol–water partition coefficient (Wildman–Crippen LogP) is 1.80. The number of rotatable bonds is 7. The van der Waals surface area contributed by atoms with Crippen molar-refractivity contribution in [1.29, 1.82) is 0 Å². The van der Waals surface area contributed by atoms with Crippen molar-refractivity contribution >= 4 is 0 Å². The number of aliphatic hydroxyl groups is 1. The molecule has 1 aliphatic rings. The summed E-state index contributed by atoms with van der Waals surface area (Å²) in [5.74, 6) is 0.828. The van der Waals surface area contributed by atoms with Gasteiger partial charge in [-0.3, -0.25) is 4.68 Å². The first-order valence-electron chi connectivity index (χ1n) is 6.98. The maximum Gasteiger partial charge on any atom is 0.102 e. The van der Waals surface area contributed by atoms with E-state index < -0.39 is 5.60 Å². The minimum absolute atomic E-state index is 0.568. The van der Waals surface area contributed by atoms with E-state index in [0.29, 0.717) is 12.6 Å². The van der Waals surface area contributed by atoms with Crippen LogP contribution in [0.25, 0.3) is 0 Å². The van der Waals surface area contributed by atoms with Crippen LogP contribution >= 0.6 is 0 Å². The first-order chi connectivity index (χ1) is 8.53. The third-order valence-electron chi connectivity index (χ3n) is 3.83. The average molecular weight is 251 g/mol. The van der Waals surface area contributed by atoms with E-state index in [-0.39, 0.29) is 0 Å². The molecule has 0 spiro atoms. The van der Waals surface area contributed by atoms with Crippen LogP contribution in [-0.4, -0.2) is 27.5 Å². The van der Waals surface area contributed by atoms with Crippen LogP contribution in [0.15, 0.2) is 12.4 Å². The molecule has 4 heteroatoms. The molecule has 1 aliphatic carbocycles. The van der Waals surface area contributed by atoms with Gasteiger partial charge in [-0.2, -0.15) is 5.10 Å². The van der Waals surface area contributed by atoms with Crippen molar-refractivity contribution in [2.45, 2.75) is 51.2 Å². The number of hydrogen-bond donors (Lipinski definition) is 2. The first-order valence-corrected chi connectivity index (χ1v) is 6.98. The van der Waals surface area contributed by atoms with Crippen LogP contribution in [0, 0.1) is 5.92 Å². The topological polar surface area (TPSA) is 50.1 Å². The van der Waals surface area contributed by atoms with E-state index in [1.807, 2.05) is 20.2 Å². The van der Waals surface area contributed by atoms with E-state index in [0.717, 1.165) is 11.5 Å². The molecular formula is C14H25N3O. The standard InChI is InChI=1S/C14H25N3O/c1-4-5-13(11-6-7-11)15-10-14(2,18)12-8-16-17(3)9-12/h8-9,11,13,15,18H,4-7,10H2,1-3H3. The Morgan fingerprint density at radius 1 is 1.61 bits per heavy atom. The van der Waals surface area contributed by atoms with Crippen LogP contribution in [0.5, 0.6) is 0 Å². The highest BCUT2D eigenvalue weighted by Crippen LogP contribution is 2.34. The molecule has 4 nitrogen and oxygen atoms in total. The third-order valence-corrected chi connectivity index (χ3v) is 3.83. The lowest BCUT2D eigenvalue weighted by Crippen LogP contribution is -2.41. The Kier molecular flexibility index (Phi) is 4.07. The third kappa shape index (κ3) is 3.33. The molecule has 1 heterocycles. The van der Waals surface area contributed by atoms with Crippen molar-refractivity contribution in [3.63, 3.8) is 0 Å². The minimum Gasteiger partial charge on any atom is -0.384 e. The van der Waals surface area contributed by atoms with E-state index in [2.05, 4.69) is 17.3 Å². The van der Waals surface area contributed by atoms with E-state index in [1.165, 1.54) is 25.7 Å². The van der Waals surface area contributed by atoms with Crippen LogP contribution in [0.1, 0.15) is 45.1 Å². The van der Waals surface area contributed by atoms with Crippen molar-refractivity contribution in [3.05, 3.63) is 18.0 Å². The molecule has 0 bridgehead atoms. The summed E-state index contributed by atoms with van der Waals surface area (Å²) in [7, 11) is 1.87. The summed E-state index contributed by atoms with van der Waals surface area (Å²) in [6, 6.07) is 0.568. The van der Waals surface area contributed by atoms with E-state index in [1.54, 1.807) is 10.9 Å². The molecule has 2 atom stereocenters. The summed E-state index contributed by atoms with van der Waals surface area (Å²) >= 11 is 0. The van der Waals surface area contributed by atoms with E-state index in [4.69, 9.17) is 0 Å². The van der Waals surface area contributed by atoms with Gasteiger partial charge in [0.25, 0.3) is 0 Å². The summed E-state index contributed by atoms with van der Waals surface area (Å²) in [4.78, 5) is 0. The molecule has 1 fully saturated rings. The number of hydrogen-bond acceptors (Lipinski definition) is 3. The summed E-state index contributed by atoms with van der Waals surface area (Å²) in [6.45, 7) is 4.67. The molecule has 0 aliphatic heterocycles. The fourth-order valence-corrected chi connectivity index (χ4v) is 2.45. The molecule has 18 heavy (non-hydrogen) atoms. The fourth-order valence-electron chi connectivity index (χ4n) is 2.45. The van der Waals surface area contributed by atoms with Gasteiger partial charge in [-0.05, 0) is 32.1 Å². The Morgan fingerprint density at radius 2 is 2.33 bits per heavy atom. The molecule has 1 saturated carbocycles. The van der Waals surface area contributed by atoms with Crippen LogP contribution in [0.4, 0.5) is 0 Å². The van der Waals surface area contributed by atoms with Crippen molar-refractivity contribution in [2.75, 3.05) is 6.54 Å². The van der Waals surface area contributed by atoms with E-state index in [9.17, 15) is 5.11 Å². The molecule has 0 saturated heterocycles. The number of aryl methyl sites for hydroxylation is 1. The zero-order valence-electron chi connectivity index (χ0n) is 11.7. The molecule has 0 radical (unpaired) electrons. The Morgan fingerprint density at radius 3 is 2.83 bits per heavy atom. The van der Waals surface area contributed by atoms with Gasteiger partial charge < -0.3 is 10.4 Å². The SMILES string of the molecule is CCCC(NCC(C)(O)c1cnn(C)c1)C1CC1. The maximum atomic E-state index is 10.5. The van der Waals surface area contributed by atoms with Gasteiger partial charge in [0.05, 0.1) is 6.20 Å². The summed E-state index contributed by atoms with van der Waals surface area (Å²) in [6.07, 6.45) is 8.71. The van der Waals surface area contributed by atoms with Crippen molar-refractivity contribution in [2.24, 2.45) is 13.0 Å². The van der Waals surface area contributed by atoms with Gasteiger partial charge in [-0.1, -0.05) is 13.3 Å². The predicted molar refractivity (Wildman–Crippen MR) is 72.2 cm³/mol. The second-order valence-corrected chi connectivity index (χ2v) is 5.79. The van der Waals surface area contributed by atoms with Crippen LogP contribution in [0.3, 0.4) is 0 Å². The molecule has 1 aromatic heterocycles. The molecule has 1 aromatic rings. The zero-order chi connectivity index (χ0) is 13.2. The highest BCUT2D eigenvalue weighted by molar-refractivity contribution is 5.14. The lowest BCUT2D eigenvalue weighted by molar-refractivity contribution is 0.0524. The Labute approximate surface area is 109 Å². The second kappa shape index (κ2) is 5.41. The van der Waals surface area contributed by atoms with E-state index >= 15 is 0 Å². The van der Waals surface area contributed by atoms with Gasteiger partial charge in [0.15, 0.2) is 0 Å². The minimum atomic E-state index is -0.838. The molecular weight excluding hydrogens is 226 g/mol. The second-order valence-electron chi connectivity index (χ2n) is 5.79. The summed E-state index contributed by atoms with van der Waals surface area (Å²) in [5, 5.41) is 18.2. The summed E-state index contributed by atoms with van der Waals surface area (Å²) < 4.78 is 1.73. The van der Waals surface area contributed by atoms with Gasteiger partial charge in [0, 0.05) is 31.4 Å². The van der Waals surface area contributed by atoms with Crippen LogP contribution in [-0.2, 0) is 12.6 Å². The van der Waals surface area contributed by atoms with Crippen LogP contribution < -0.4 is 5.32 Å².